The number of thiophene rings is 1. The fraction of sp³-hybridized carbons (Fsp3) is 0.182. The summed E-state index contributed by atoms with van der Waals surface area (Å²) in [5.74, 6) is -0.0677. The Morgan fingerprint density at radius 1 is 1.10 bits per heavy atom. The van der Waals surface area contributed by atoms with Gasteiger partial charge in [0.15, 0.2) is 0 Å². The molecule has 0 spiro atoms. The van der Waals surface area contributed by atoms with Crippen molar-refractivity contribution >= 4 is 34.0 Å². The van der Waals surface area contributed by atoms with Crippen LogP contribution >= 0.6 is 11.3 Å². The molecule has 3 heterocycles. The molecule has 4 aromatic rings. The van der Waals surface area contributed by atoms with Gasteiger partial charge in [0.05, 0.1) is 23.6 Å². The molecule has 5 rings (SSSR count). The van der Waals surface area contributed by atoms with Crippen LogP contribution in [0.4, 0.5) is 5.69 Å². The highest BCUT2D eigenvalue weighted by Gasteiger charge is 2.30. The lowest BCUT2D eigenvalue weighted by Gasteiger charge is -2.35. The van der Waals surface area contributed by atoms with Crippen molar-refractivity contribution in [3.63, 3.8) is 0 Å². The van der Waals surface area contributed by atoms with Crippen molar-refractivity contribution in [2.75, 3.05) is 18.4 Å². The number of hydrogen-bond acceptors (Lipinski definition) is 4. The number of rotatable bonds is 4. The highest BCUT2D eigenvalue weighted by Crippen LogP contribution is 2.37. The summed E-state index contributed by atoms with van der Waals surface area (Å²) in [6.07, 6.45) is 0.958. The second kappa shape index (κ2) is 7.35. The van der Waals surface area contributed by atoms with Crippen molar-refractivity contribution in [3.05, 3.63) is 86.5 Å². The van der Waals surface area contributed by atoms with Crippen molar-refractivity contribution in [2.24, 2.45) is 0 Å². The number of aromatic nitrogens is 2. The number of fused-ring (bicyclic) bond motifs is 2. The molecule has 2 aromatic heterocycles. The van der Waals surface area contributed by atoms with Gasteiger partial charge in [-0.05, 0) is 47.2 Å². The Morgan fingerprint density at radius 2 is 1.93 bits per heavy atom. The van der Waals surface area contributed by atoms with Gasteiger partial charge >= 0.3 is 5.69 Å². The lowest BCUT2D eigenvalue weighted by molar-refractivity contribution is -0.117. The topological polar surface area (TPSA) is 81.0 Å². The van der Waals surface area contributed by atoms with Gasteiger partial charge in [0, 0.05) is 17.1 Å². The summed E-state index contributed by atoms with van der Waals surface area (Å²) in [5.41, 5.74) is 4.31. The molecule has 2 aromatic carbocycles. The molecule has 6 nitrogen and oxygen atoms in total. The number of hydrogen-bond donors (Lipinski definition) is 3. The third kappa shape index (κ3) is 3.50. The zero-order valence-electron chi connectivity index (χ0n) is 15.6. The number of H-pyrrole nitrogens is 2. The number of aromatic amines is 2. The Morgan fingerprint density at radius 3 is 2.79 bits per heavy atom. The summed E-state index contributed by atoms with van der Waals surface area (Å²) in [6.45, 7) is 1.14. The first-order chi connectivity index (χ1) is 14.2. The van der Waals surface area contributed by atoms with Crippen LogP contribution in [0.25, 0.3) is 11.0 Å². The second-order valence-corrected chi connectivity index (χ2v) is 8.22. The third-order valence-corrected chi connectivity index (χ3v) is 6.32. The van der Waals surface area contributed by atoms with Crippen LogP contribution in [0, 0.1) is 0 Å². The van der Waals surface area contributed by atoms with E-state index in [1.165, 1.54) is 16.0 Å². The van der Waals surface area contributed by atoms with E-state index in [4.69, 9.17) is 0 Å². The zero-order chi connectivity index (χ0) is 19.8. The minimum atomic E-state index is -0.255. The number of carbonyl (C=O) groups excluding carboxylic acids is 1. The van der Waals surface area contributed by atoms with Crippen molar-refractivity contribution in [3.8, 4) is 0 Å². The van der Waals surface area contributed by atoms with E-state index in [-0.39, 0.29) is 17.6 Å². The summed E-state index contributed by atoms with van der Waals surface area (Å²) in [7, 11) is 0. The molecule has 29 heavy (non-hydrogen) atoms. The van der Waals surface area contributed by atoms with Gasteiger partial charge in [-0.25, -0.2) is 4.79 Å². The number of carbonyl (C=O) groups is 1. The number of nitrogens with one attached hydrogen (secondary N) is 3. The maximum absolute atomic E-state index is 12.8. The minimum absolute atomic E-state index is 0.0677. The normalized spacial score (nSPS) is 16.6. The fourth-order valence-electron chi connectivity index (χ4n) is 4.06. The Kier molecular flexibility index (Phi) is 4.54. The summed E-state index contributed by atoms with van der Waals surface area (Å²) >= 11 is 1.79. The van der Waals surface area contributed by atoms with Crippen LogP contribution < -0.4 is 11.0 Å². The molecule has 0 radical (unpaired) electrons. The molecule has 0 fully saturated rings. The summed E-state index contributed by atoms with van der Waals surface area (Å²) in [4.78, 5) is 33.3. The van der Waals surface area contributed by atoms with E-state index in [0.717, 1.165) is 18.5 Å². The third-order valence-electron chi connectivity index (χ3n) is 5.33. The van der Waals surface area contributed by atoms with E-state index in [1.54, 1.807) is 29.5 Å². The highest BCUT2D eigenvalue weighted by molar-refractivity contribution is 7.10. The van der Waals surface area contributed by atoms with Gasteiger partial charge < -0.3 is 15.3 Å². The molecule has 0 saturated heterocycles. The second-order valence-electron chi connectivity index (χ2n) is 7.22. The number of benzene rings is 2. The number of imidazole rings is 1. The molecular formula is C22H20N4O2S. The predicted octanol–water partition coefficient (Wildman–Crippen LogP) is 3.50. The average Bonchev–Trinajstić information content (AvgIpc) is 3.33. The molecule has 1 aliphatic rings. The van der Waals surface area contributed by atoms with E-state index >= 15 is 0 Å². The van der Waals surface area contributed by atoms with Crippen molar-refractivity contribution < 1.29 is 4.79 Å². The van der Waals surface area contributed by atoms with E-state index in [0.29, 0.717) is 17.7 Å². The Balaban J connectivity index is 1.37. The minimum Gasteiger partial charge on any atom is -0.325 e. The quantitative estimate of drug-likeness (QED) is 0.487. The van der Waals surface area contributed by atoms with Crippen molar-refractivity contribution in [2.45, 2.75) is 12.5 Å². The summed E-state index contributed by atoms with van der Waals surface area (Å²) < 4.78 is 0. The highest BCUT2D eigenvalue weighted by atomic mass is 32.1. The first-order valence-corrected chi connectivity index (χ1v) is 10.4. The van der Waals surface area contributed by atoms with Crippen molar-refractivity contribution in [1.29, 1.82) is 0 Å². The average molecular weight is 404 g/mol. The lowest BCUT2D eigenvalue weighted by atomic mass is 9.93. The molecule has 0 unspecified atom stereocenters. The Labute approximate surface area is 171 Å². The molecule has 0 aliphatic carbocycles. The number of amides is 1. The molecular weight excluding hydrogens is 384 g/mol. The molecule has 1 atom stereocenters. The number of nitrogens with zero attached hydrogens (tertiary/aromatic N) is 1. The van der Waals surface area contributed by atoms with E-state index in [1.807, 2.05) is 18.2 Å². The van der Waals surface area contributed by atoms with E-state index < -0.39 is 0 Å². The monoisotopic (exact) mass is 404 g/mol. The first-order valence-electron chi connectivity index (χ1n) is 9.54. The van der Waals surface area contributed by atoms with Crippen molar-refractivity contribution in [1.82, 2.24) is 14.9 Å². The first kappa shape index (κ1) is 17.9. The smallest absolute Gasteiger partial charge is 0.323 e. The maximum Gasteiger partial charge on any atom is 0.323 e. The largest absolute Gasteiger partial charge is 0.325 e. The van der Waals surface area contributed by atoms with Gasteiger partial charge in [0.2, 0.25) is 5.91 Å². The molecule has 3 N–H and O–H groups in total. The van der Waals surface area contributed by atoms with Gasteiger partial charge in [-0.1, -0.05) is 30.3 Å². The maximum atomic E-state index is 12.8. The van der Waals surface area contributed by atoms with Crippen LogP contribution in [-0.2, 0) is 11.2 Å². The van der Waals surface area contributed by atoms with Crippen LogP contribution in [0.5, 0.6) is 0 Å². The Hall–Kier alpha value is -3.16. The molecule has 0 bridgehead atoms. The molecule has 1 amide bonds. The van der Waals surface area contributed by atoms with Gasteiger partial charge in [0.1, 0.15) is 0 Å². The summed E-state index contributed by atoms with van der Waals surface area (Å²) in [6, 6.07) is 18.0. The summed E-state index contributed by atoms with van der Waals surface area (Å²) in [5, 5.41) is 5.10. The van der Waals surface area contributed by atoms with Crippen LogP contribution in [-0.4, -0.2) is 33.9 Å². The van der Waals surface area contributed by atoms with Gasteiger partial charge in [-0.15, -0.1) is 11.3 Å². The Bertz CT molecular complexity index is 1220. The zero-order valence-corrected chi connectivity index (χ0v) is 16.5. The lowest BCUT2D eigenvalue weighted by Crippen LogP contribution is -2.40. The van der Waals surface area contributed by atoms with E-state index in [2.05, 4.69) is 43.8 Å². The van der Waals surface area contributed by atoms with Crippen LogP contribution in [0.1, 0.15) is 22.0 Å². The fourth-order valence-corrected chi connectivity index (χ4v) is 4.96. The molecule has 7 heteroatoms. The standard InChI is InChI=1S/C22H20N4O2S/c27-20(23-15-6-7-17-18(12-15)25-22(28)24-17)13-26-10-8-19-16(9-11-29-19)21(26)14-4-2-1-3-5-14/h1-7,9,11-12,21H,8,10,13H2,(H,23,27)(H2,24,25,28)/t21-/m0/s1. The van der Waals surface area contributed by atoms with Crippen LogP contribution in [0.2, 0.25) is 0 Å². The SMILES string of the molecule is O=C(CN1CCc2sccc2[C@@H]1c1ccccc1)Nc1ccc2[nH]c(=O)[nH]c2c1. The van der Waals surface area contributed by atoms with Gasteiger partial charge in [0.25, 0.3) is 0 Å². The number of anilines is 1. The predicted molar refractivity (Wildman–Crippen MR) is 115 cm³/mol. The van der Waals surface area contributed by atoms with Crippen LogP contribution in [0.3, 0.4) is 0 Å². The van der Waals surface area contributed by atoms with Gasteiger partial charge in [-0.3, -0.25) is 9.69 Å². The van der Waals surface area contributed by atoms with E-state index in [9.17, 15) is 9.59 Å². The van der Waals surface area contributed by atoms with Crippen LogP contribution in [0.15, 0.2) is 64.8 Å². The molecule has 1 aliphatic heterocycles. The molecule has 0 saturated carbocycles. The molecule has 146 valence electrons. The van der Waals surface area contributed by atoms with Gasteiger partial charge in [-0.2, -0.15) is 0 Å².